The highest BCUT2D eigenvalue weighted by Crippen LogP contribution is 2.35. The van der Waals surface area contributed by atoms with Crippen molar-refractivity contribution in [3.8, 4) is 0 Å². The Labute approximate surface area is 215 Å². The number of nitrogens with one attached hydrogen (secondary N) is 1. The summed E-state index contributed by atoms with van der Waals surface area (Å²) in [6.45, 7) is 4.64. The molecule has 1 fully saturated rings. The lowest BCUT2D eigenvalue weighted by Gasteiger charge is -2.20. The highest BCUT2D eigenvalue weighted by molar-refractivity contribution is 7.99. The second kappa shape index (κ2) is 10.8. The third-order valence-corrected chi connectivity index (χ3v) is 7.32. The lowest BCUT2D eigenvalue weighted by Crippen LogP contribution is -2.35. The number of likely N-dealkylation sites (tertiary alicyclic amines) is 1. The van der Waals surface area contributed by atoms with Crippen LogP contribution in [0, 0.1) is 0 Å². The number of hydrogen-bond donors (Lipinski definition) is 1. The van der Waals surface area contributed by atoms with E-state index in [0.717, 1.165) is 22.3 Å². The fourth-order valence-electron chi connectivity index (χ4n) is 4.53. The predicted molar refractivity (Wildman–Crippen MR) is 135 cm³/mol. The summed E-state index contributed by atoms with van der Waals surface area (Å²) >= 11 is 7.74. The van der Waals surface area contributed by atoms with Crippen molar-refractivity contribution in [2.45, 2.75) is 50.5 Å². The van der Waals surface area contributed by atoms with E-state index in [1.807, 2.05) is 17.9 Å². The van der Waals surface area contributed by atoms with E-state index in [4.69, 9.17) is 11.6 Å². The van der Waals surface area contributed by atoms with Crippen LogP contribution in [-0.2, 0) is 24.1 Å². The monoisotopic (exact) mass is 538 g/mol. The smallest absolute Gasteiger partial charge is 0.352 e. The quantitative estimate of drug-likeness (QED) is 0.432. The van der Waals surface area contributed by atoms with Gasteiger partial charge in [0.05, 0.1) is 29.3 Å². The summed E-state index contributed by atoms with van der Waals surface area (Å²) in [7, 11) is 0. The van der Waals surface area contributed by atoms with Crippen molar-refractivity contribution in [1.29, 1.82) is 0 Å². The minimum Gasteiger partial charge on any atom is -0.352 e. The van der Waals surface area contributed by atoms with E-state index < -0.39 is 17.3 Å². The van der Waals surface area contributed by atoms with Gasteiger partial charge in [-0.25, -0.2) is 4.98 Å². The molecule has 3 aromatic rings. The Bertz CT molecular complexity index is 1350. The maximum atomic E-state index is 14.0. The SMILES string of the molecule is CCSc1ccc(Cl)cc1Cn1cnc2cc(CN3CC[C@@H](NC(C)=O)C3)c(C(F)(F)F)cc2c1=O. The molecule has 36 heavy (non-hydrogen) atoms. The predicted octanol–water partition coefficient (Wildman–Crippen LogP) is 4.94. The Morgan fingerprint density at radius 3 is 2.69 bits per heavy atom. The summed E-state index contributed by atoms with van der Waals surface area (Å²) < 4.78 is 43.4. The molecule has 1 N–H and O–H groups in total. The molecule has 0 saturated carbocycles. The van der Waals surface area contributed by atoms with Gasteiger partial charge in [0, 0.05) is 42.5 Å². The minimum atomic E-state index is -4.63. The fourth-order valence-corrected chi connectivity index (χ4v) is 5.51. The summed E-state index contributed by atoms with van der Waals surface area (Å²) in [6, 6.07) is 7.56. The van der Waals surface area contributed by atoms with Crippen molar-refractivity contribution in [3.63, 3.8) is 0 Å². The van der Waals surface area contributed by atoms with Gasteiger partial charge in [-0.1, -0.05) is 18.5 Å². The van der Waals surface area contributed by atoms with E-state index in [9.17, 15) is 22.8 Å². The molecule has 1 atom stereocenters. The first kappa shape index (κ1) is 26.5. The Morgan fingerprint density at radius 1 is 1.22 bits per heavy atom. The molecule has 6 nitrogen and oxygen atoms in total. The van der Waals surface area contributed by atoms with Crippen molar-refractivity contribution >= 4 is 40.2 Å². The van der Waals surface area contributed by atoms with Crippen LogP contribution in [0.5, 0.6) is 0 Å². The Hall–Kier alpha value is -2.56. The van der Waals surface area contributed by atoms with Crippen LogP contribution in [0.15, 0.2) is 46.3 Å². The first-order chi connectivity index (χ1) is 17.0. The van der Waals surface area contributed by atoms with Crippen LogP contribution in [0.3, 0.4) is 0 Å². The number of thioether (sulfide) groups is 1. The zero-order chi connectivity index (χ0) is 26.0. The molecule has 1 amide bonds. The molecule has 1 aliphatic heterocycles. The molecule has 0 bridgehead atoms. The third-order valence-electron chi connectivity index (χ3n) is 6.09. The highest BCUT2D eigenvalue weighted by Gasteiger charge is 2.35. The van der Waals surface area contributed by atoms with Gasteiger partial charge in [-0.15, -0.1) is 11.8 Å². The second-order valence-corrected chi connectivity index (χ2v) is 10.6. The average molecular weight is 539 g/mol. The zero-order valence-corrected chi connectivity index (χ0v) is 21.4. The van der Waals surface area contributed by atoms with Crippen molar-refractivity contribution < 1.29 is 18.0 Å². The molecule has 1 aliphatic rings. The molecule has 2 heterocycles. The summed E-state index contributed by atoms with van der Waals surface area (Å²) in [6.07, 6.45) is -2.60. The lowest BCUT2D eigenvalue weighted by atomic mass is 10.0. The van der Waals surface area contributed by atoms with E-state index >= 15 is 0 Å². The fraction of sp³-hybridized carbons (Fsp3) is 0.400. The molecule has 1 aromatic heterocycles. The highest BCUT2D eigenvalue weighted by atomic mass is 35.5. The molecule has 192 valence electrons. The number of nitrogens with zero attached hydrogens (tertiary/aromatic N) is 3. The zero-order valence-electron chi connectivity index (χ0n) is 19.9. The number of carbonyl (C=O) groups excluding carboxylic acids is 1. The number of hydrogen-bond acceptors (Lipinski definition) is 5. The van der Waals surface area contributed by atoms with Crippen LogP contribution in [0.1, 0.15) is 37.0 Å². The van der Waals surface area contributed by atoms with Crippen molar-refractivity contribution in [1.82, 2.24) is 19.8 Å². The van der Waals surface area contributed by atoms with E-state index in [1.165, 1.54) is 23.9 Å². The maximum Gasteiger partial charge on any atom is 0.416 e. The number of amides is 1. The maximum absolute atomic E-state index is 14.0. The first-order valence-corrected chi connectivity index (χ1v) is 12.9. The molecular formula is C25H26ClF3N4O2S. The van der Waals surface area contributed by atoms with Gasteiger partial charge < -0.3 is 5.32 Å². The van der Waals surface area contributed by atoms with Crippen molar-refractivity contribution in [2.75, 3.05) is 18.8 Å². The first-order valence-electron chi connectivity index (χ1n) is 11.5. The lowest BCUT2D eigenvalue weighted by molar-refractivity contribution is -0.138. The number of halogens is 4. The van der Waals surface area contributed by atoms with Gasteiger partial charge in [0.1, 0.15) is 0 Å². The standard InChI is InChI=1S/C25H26ClF3N4O2S/c1-3-36-23-5-4-18(26)8-17(23)12-33-14-30-22-9-16(11-32-7-6-19(13-32)31-15(2)34)21(25(27,28)29)10-20(22)24(33)35/h4-5,8-10,14,19H,3,6-7,11-13H2,1-2H3,(H,31,34)/t19-/m1/s1. The largest absolute Gasteiger partial charge is 0.416 e. The van der Waals surface area contributed by atoms with Gasteiger partial charge in [0.15, 0.2) is 0 Å². The summed E-state index contributed by atoms with van der Waals surface area (Å²) in [5.41, 5.74) is -0.324. The van der Waals surface area contributed by atoms with Crippen LogP contribution in [0.2, 0.25) is 5.02 Å². The molecule has 0 aliphatic carbocycles. The molecule has 2 aromatic carbocycles. The van der Waals surface area contributed by atoms with Gasteiger partial charge in [0.2, 0.25) is 5.91 Å². The van der Waals surface area contributed by atoms with E-state index in [-0.39, 0.29) is 41.5 Å². The molecule has 0 spiro atoms. The van der Waals surface area contributed by atoms with Crippen molar-refractivity contribution in [2.24, 2.45) is 0 Å². The van der Waals surface area contributed by atoms with E-state index in [0.29, 0.717) is 24.5 Å². The summed E-state index contributed by atoms with van der Waals surface area (Å²) in [4.78, 5) is 31.7. The number of rotatable bonds is 7. The average Bonchev–Trinajstić information content (AvgIpc) is 3.22. The minimum absolute atomic E-state index is 0.0474. The normalized spacial score (nSPS) is 16.6. The van der Waals surface area contributed by atoms with Gasteiger partial charge in [-0.3, -0.25) is 19.1 Å². The van der Waals surface area contributed by atoms with Crippen LogP contribution >= 0.6 is 23.4 Å². The van der Waals surface area contributed by atoms with Gasteiger partial charge in [0.25, 0.3) is 5.56 Å². The van der Waals surface area contributed by atoms with E-state index in [1.54, 1.807) is 23.9 Å². The Balaban J connectivity index is 1.69. The van der Waals surface area contributed by atoms with Crippen molar-refractivity contribution in [3.05, 3.63) is 68.7 Å². The molecule has 11 heteroatoms. The number of alkyl halides is 3. The van der Waals surface area contributed by atoms with Crippen LogP contribution < -0.4 is 10.9 Å². The van der Waals surface area contributed by atoms with Gasteiger partial charge >= 0.3 is 6.18 Å². The molecule has 4 rings (SSSR count). The van der Waals surface area contributed by atoms with E-state index in [2.05, 4.69) is 10.3 Å². The number of carbonyl (C=O) groups is 1. The topological polar surface area (TPSA) is 67.2 Å². The molecule has 0 radical (unpaired) electrons. The molecule has 1 saturated heterocycles. The number of benzene rings is 2. The van der Waals surface area contributed by atoms with Crippen LogP contribution in [0.4, 0.5) is 13.2 Å². The van der Waals surface area contributed by atoms with Crippen LogP contribution in [-0.4, -0.2) is 45.2 Å². The Morgan fingerprint density at radius 2 is 2.00 bits per heavy atom. The van der Waals surface area contributed by atoms with Gasteiger partial charge in [-0.2, -0.15) is 13.2 Å². The number of aromatic nitrogens is 2. The van der Waals surface area contributed by atoms with Crippen LogP contribution in [0.25, 0.3) is 10.9 Å². The molecular weight excluding hydrogens is 513 g/mol. The summed E-state index contributed by atoms with van der Waals surface area (Å²) in [5, 5.41) is 3.24. The second-order valence-electron chi connectivity index (χ2n) is 8.81. The van der Waals surface area contributed by atoms with Gasteiger partial charge in [-0.05, 0) is 53.6 Å². The summed E-state index contributed by atoms with van der Waals surface area (Å²) in [5.74, 6) is 0.655. The third kappa shape index (κ3) is 6.04. The molecule has 0 unspecified atom stereocenters. The number of fused-ring (bicyclic) bond motifs is 1. The Kier molecular flexibility index (Phi) is 7.96.